The monoisotopic (exact) mass is 338 g/mol. The zero-order valence-electron chi connectivity index (χ0n) is 16.0. The van der Waals surface area contributed by atoms with Gasteiger partial charge in [0.05, 0.1) is 5.92 Å². The fourth-order valence-corrected chi connectivity index (χ4v) is 3.03. The number of carbonyl (C=O) groups excluding carboxylic acids is 1. The lowest BCUT2D eigenvalue weighted by Gasteiger charge is -2.18. The zero-order valence-corrected chi connectivity index (χ0v) is 16.0. The summed E-state index contributed by atoms with van der Waals surface area (Å²) in [6.45, 7) is 7.29. The van der Waals surface area contributed by atoms with Crippen LogP contribution in [-0.4, -0.2) is 24.9 Å². The smallest absolute Gasteiger partial charge is 0.231 e. The molecular formula is C22H30N2O. The minimum atomic E-state index is -0.170. The van der Waals surface area contributed by atoms with Crippen molar-refractivity contribution in [1.29, 1.82) is 0 Å². The Balaban J connectivity index is 2.08. The van der Waals surface area contributed by atoms with Crippen molar-refractivity contribution in [1.82, 2.24) is 4.90 Å². The fraction of sp³-hybridized carbons (Fsp3) is 0.409. The summed E-state index contributed by atoms with van der Waals surface area (Å²) in [5.41, 5.74) is 4.47. The van der Waals surface area contributed by atoms with Gasteiger partial charge < -0.3 is 10.2 Å². The number of nitrogens with one attached hydrogen (secondary N) is 1. The Bertz CT molecular complexity index is 689. The van der Waals surface area contributed by atoms with E-state index in [4.69, 9.17) is 0 Å². The molecule has 0 fully saturated rings. The Morgan fingerprint density at radius 3 is 2.24 bits per heavy atom. The summed E-state index contributed by atoms with van der Waals surface area (Å²) < 4.78 is 0. The highest BCUT2D eigenvalue weighted by Gasteiger charge is 2.18. The summed E-state index contributed by atoms with van der Waals surface area (Å²) in [7, 11) is 4.10. The minimum Gasteiger partial charge on any atom is -0.326 e. The van der Waals surface area contributed by atoms with Gasteiger partial charge in [0.1, 0.15) is 0 Å². The summed E-state index contributed by atoms with van der Waals surface area (Å²) in [6, 6.07) is 16.3. The number of rotatable bonds is 7. The molecule has 0 aliphatic rings. The average molecular weight is 338 g/mol. The van der Waals surface area contributed by atoms with E-state index < -0.39 is 0 Å². The van der Waals surface area contributed by atoms with Gasteiger partial charge in [0.2, 0.25) is 5.91 Å². The second-order valence-electron chi connectivity index (χ2n) is 7.44. The number of carbonyl (C=O) groups is 1. The largest absolute Gasteiger partial charge is 0.326 e. The lowest BCUT2D eigenvalue weighted by atomic mass is 9.90. The number of hydrogen-bond donors (Lipinski definition) is 1. The Kier molecular flexibility index (Phi) is 6.77. The van der Waals surface area contributed by atoms with E-state index in [0.717, 1.165) is 24.2 Å². The Hall–Kier alpha value is -2.13. The zero-order chi connectivity index (χ0) is 18.4. The molecule has 0 spiro atoms. The fourth-order valence-electron chi connectivity index (χ4n) is 3.03. The first-order valence-corrected chi connectivity index (χ1v) is 8.99. The van der Waals surface area contributed by atoms with E-state index in [-0.39, 0.29) is 11.8 Å². The molecule has 1 N–H and O–H groups in total. The quantitative estimate of drug-likeness (QED) is 0.794. The molecule has 3 heteroatoms. The van der Waals surface area contributed by atoms with Gasteiger partial charge in [-0.05, 0) is 62.2 Å². The van der Waals surface area contributed by atoms with Crippen LogP contribution in [0.2, 0.25) is 0 Å². The van der Waals surface area contributed by atoms with Gasteiger partial charge >= 0.3 is 0 Å². The van der Waals surface area contributed by atoms with E-state index >= 15 is 0 Å². The molecule has 1 atom stereocenters. The topological polar surface area (TPSA) is 32.3 Å². The van der Waals surface area contributed by atoms with Crippen LogP contribution in [0.15, 0.2) is 48.5 Å². The van der Waals surface area contributed by atoms with Crippen LogP contribution in [0.5, 0.6) is 0 Å². The maximum atomic E-state index is 12.7. The number of hydrogen-bond acceptors (Lipinski definition) is 2. The van der Waals surface area contributed by atoms with E-state index in [9.17, 15) is 4.79 Å². The number of benzene rings is 2. The van der Waals surface area contributed by atoms with Crippen molar-refractivity contribution in [3.8, 4) is 0 Å². The molecule has 0 heterocycles. The molecule has 1 unspecified atom stereocenters. The normalized spacial score (nSPS) is 12.4. The average Bonchev–Trinajstić information content (AvgIpc) is 2.55. The highest BCUT2D eigenvalue weighted by molar-refractivity contribution is 5.95. The highest BCUT2D eigenvalue weighted by Crippen LogP contribution is 2.24. The van der Waals surface area contributed by atoms with Crippen molar-refractivity contribution in [2.24, 2.45) is 5.92 Å². The van der Waals surface area contributed by atoms with Gasteiger partial charge in [0.15, 0.2) is 0 Å². The van der Waals surface area contributed by atoms with Gasteiger partial charge in [0.25, 0.3) is 0 Å². The minimum absolute atomic E-state index is 0.0385. The predicted molar refractivity (Wildman–Crippen MR) is 106 cm³/mol. The lowest BCUT2D eigenvalue weighted by Crippen LogP contribution is -2.20. The van der Waals surface area contributed by atoms with E-state index in [0.29, 0.717) is 5.92 Å². The molecule has 1 amide bonds. The van der Waals surface area contributed by atoms with Crippen LogP contribution in [0.25, 0.3) is 0 Å². The van der Waals surface area contributed by atoms with E-state index in [1.807, 2.05) is 39.2 Å². The number of anilines is 1. The Morgan fingerprint density at radius 2 is 1.64 bits per heavy atom. The first-order chi connectivity index (χ1) is 11.9. The van der Waals surface area contributed by atoms with E-state index in [1.165, 1.54) is 11.1 Å². The van der Waals surface area contributed by atoms with Crippen LogP contribution in [-0.2, 0) is 17.8 Å². The van der Waals surface area contributed by atoms with Crippen LogP contribution >= 0.6 is 0 Å². The molecule has 0 saturated carbocycles. The van der Waals surface area contributed by atoms with Crippen molar-refractivity contribution in [2.45, 2.75) is 39.7 Å². The van der Waals surface area contributed by atoms with Crippen molar-refractivity contribution in [3.63, 3.8) is 0 Å². The summed E-state index contributed by atoms with van der Waals surface area (Å²) in [4.78, 5) is 14.8. The third-order valence-corrected chi connectivity index (χ3v) is 4.26. The van der Waals surface area contributed by atoms with Crippen LogP contribution in [0, 0.1) is 5.92 Å². The Morgan fingerprint density at radius 1 is 1.00 bits per heavy atom. The van der Waals surface area contributed by atoms with Gasteiger partial charge in [-0.25, -0.2) is 0 Å². The second-order valence-corrected chi connectivity index (χ2v) is 7.44. The van der Waals surface area contributed by atoms with Crippen molar-refractivity contribution in [2.75, 3.05) is 19.4 Å². The van der Waals surface area contributed by atoms with Gasteiger partial charge in [-0.3, -0.25) is 4.79 Å². The molecule has 3 nitrogen and oxygen atoms in total. The molecule has 0 radical (unpaired) electrons. The Labute approximate surface area is 152 Å². The molecule has 0 aromatic heterocycles. The van der Waals surface area contributed by atoms with Crippen molar-refractivity contribution < 1.29 is 4.79 Å². The molecule has 2 aromatic carbocycles. The summed E-state index contributed by atoms with van der Waals surface area (Å²) in [6.07, 6.45) is 0.993. The van der Waals surface area contributed by atoms with Gasteiger partial charge in [-0.2, -0.15) is 0 Å². The van der Waals surface area contributed by atoms with Crippen LogP contribution in [0.4, 0.5) is 5.69 Å². The van der Waals surface area contributed by atoms with Gasteiger partial charge in [-0.15, -0.1) is 0 Å². The highest BCUT2D eigenvalue weighted by atomic mass is 16.1. The van der Waals surface area contributed by atoms with Gasteiger partial charge in [-0.1, -0.05) is 50.2 Å². The molecule has 134 valence electrons. The first kappa shape index (κ1) is 19.2. The maximum absolute atomic E-state index is 12.7. The molecule has 0 aliphatic heterocycles. The van der Waals surface area contributed by atoms with Crippen molar-refractivity contribution in [3.05, 3.63) is 65.2 Å². The predicted octanol–water partition coefficient (Wildman–Crippen LogP) is 4.69. The van der Waals surface area contributed by atoms with Crippen LogP contribution < -0.4 is 5.32 Å². The van der Waals surface area contributed by atoms with Gasteiger partial charge in [0, 0.05) is 12.2 Å². The third kappa shape index (κ3) is 5.71. The van der Waals surface area contributed by atoms with Crippen molar-refractivity contribution >= 4 is 11.6 Å². The second kappa shape index (κ2) is 8.82. The van der Waals surface area contributed by atoms with Crippen LogP contribution in [0.3, 0.4) is 0 Å². The summed E-state index contributed by atoms with van der Waals surface area (Å²) >= 11 is 0. The van der Waals surface area contributed by atoms with E-state index in [2.05, 4.69) is 54.4 Å². The number of amides is 1. The molecule has 25 heavy (non-hydrogen) atoms. The molecule has 0 aliphatic carbocycles. The molecule has 2 aromatic rings. The maximum Gasteiger partial charge on any atom is 0.231 e. The van der Waals surface area contributed by atoms with Crippen LogP contribution in [0.1, 0.15) is 43.4 Å². The molecular weight excluding hydrogens is 308 g/mol. The molecule has 0 bridgehead atoms. The van der Waals surface area contributed by atoms with E-state index in [1.54, 1.807) is 0 Å². The molecule has 2 rings (SSSR count). The SMILES string of the molecule is CC(C)Cc1ccccc1C(C)C(=O)Nc1ccc(CN(C)C)cc1. The lowest BCUT2D eigenvalue weighted by molar-refractivity contribution is -0.117. The summed E-state index contributed by atoms with van der Waals surface area (Å²) in [5, 5.41) is 3.05. The standard InChI is InChI=1S/C22H30N2O/c1-16(2)14-19-8-6-7-9-21(19)17(3)22(25)23-20-12-10-18(11-13-20)15-24(4)5/h6-13,16-17H,14-15H2,1-5H3,(H,23,25). The number of nitrogens with zero attached hydrogens (tertiary/aromatic N) is 1. The first-order valence-electron chi connectivity index (χ1n) is 8.99. The third-order valence-electron chi connectivity index (χ3n) is 4.26. The summed E-state index contributed by atoms with van der Waals surface area (Å²) in [5.74, 6) is 0.439. The molecule has 0 saturated heterocycles.